The smallest absolute Gasteiger partial charge is 0.462 e. The Morgan fingerprint density at radius 3 is 0.791 bits per heavy atom. The minimum Gasteiger partial charge on any atom is -0.462 e. The van der Waals surface area contributed by atoms with E-state index in [1.807, 2.05) is 0 Å². The summed E-state index contributed by atoms with van der Waals surface area (Å²) in [4.78, 5) is 72.3. The number of rotatable bonds is 65. The van der Waals surface area contributed by atoms with E-state index in [9.17, 15) is 43.2 Å². The summed E-state index contributed by atoms with van der Waals surface area (Å²) >= 11 is 0. The number of hydrogen-bond donors (Lipinski definition) is 3. The number of carbonyl (C=O) groups excluding carboxylic acids is 4. The van der Waals surface area contributed by atoms with Gasteiger partial charge >= 0.3 is 39.5 Å². The standard InChI is InChI=1S/C67H130O17P2/c1-8-9-10-11-12-13-21-26-36-43-50-66(71)84-63(55-78-65(70)49-42-35-30-29-33-40-47-60(6)7)57-82-86(75,76)80-53-61(68)52-79-85(73,74)81-56-62(54-77-64(69)48-41-34-28-23-25-32-39-46-59(4)5)83-67(72)51-44-37-27-22-19-17-15-14-16-18-20-24-31-38-45-58(2)3/h58-63,68H,8-57H2,1-7H3,(H,73,74)(H,75,76)/t61-,62-,63-/m1/s1. The molecule has 0 aliphatic carbocycles. The van der Waals surface area contributed by atoms with Gasteiger partial charge in [0.15, 0.2) is 12.2 Å². The molecule has 17 nitrogen and oxygen atoms in total. The van der Waals surface area contributed by atoms with Crippen molar-refractivity contribution in [2.75, 3.05) is 39.6 Å². The van der Waals surface area contributed by atoms with Crippen molar-refractivity contribution in [3.05, 3.63) is 0 Å². The second kappa shape index (κ2) is 58.2. The van der Waals surface area contributed by atoms with Crippen LogP contribution in [0.1, 0.15) is 331 Å². The van der Waals surface area contributed by atoms with Crippen LogP contribution in [0.2, 0.25) is 0 Å². The summed E-state index contributed by atoms with van der Waals surface area (Å²) in [5.74, 6) is 0.0462. The fraction of sp³-hybridized carbons (Fsp3) is 0.940. The van der Waals surface area contributed by atoms with Gasteiger partial charge in [0.25, 0.3) is 0 Å². The number of unbranched alkanes of at least 4 members (excludes halogenated alkanes) is 33. The Balaban J connectivity index is 5.21. The third-order valence-corrected chi connectivity index (χ3v) is 17.3. The average Bonchev–Trinajstić information content (AvgIpc) is 3.68. The summed E-state index contributed by atoms with van der Waals surface area (Å²) in [6.45, 7) is 11.7. The topological polar surface area (TPSA) is 237 Å². The quantitative estimate of drug-likeness (QED) is 0.0222. The highest BCUT2D eigenvalue weighted by Gasteiger charge is 2.30. The average molecular weight is 1270 g/mol. The van der Waals surface area contributed by atoms with Crippen LogP contribution >= 0.6 is 15.6 Å². The molecule has 3 N–H and O–H groups in total. The largest absolute Gasteiger partial charge is 0.472 e. The lowest BCUT2D eigenvalue weighted by Gasteiger charge is -2.21. The Labute approximate surface area is 524 Å². The van der Waals surface area contributed by atoms with E-state index in [4.69, 9.17) is 37.0 Å². The molecule has 0 bridgehead atoms. The van der Waals surface area contributed by atoms with Crippen molar-refractivity contribution in [2.24, 2.45) is 17.8 Å². The molecule has 0 aliphatic heterocycles. The van der Waals surface area contributed by atoms with Crippen molar-refractivity contribution in [3.63, 3.8) is 0 Å². The number of carbonyl (C=O) groups is 4. The molecule has 19 heteroatoms. The number of phosphoric ester groups is 2. The SMILES string of the molecule is CCCCCCCCCCCCC(=O)O[C@H](COC(=O)CCCCCCCCC(C)C)COP(=O)(O)OC[C@H](O)COP(=O)(O)OC[C@@H](COC(=O)CCCCCCCCCC(C)C)OC(=O)CCCCCCCCCCCCCCCCC(C)C. The second-order valence-electron chi connectivity index (χ2n) is 25.6. The van der Waals surface area contributed by atoms with Crippen molar-refractivity contribution >= 4 is 39.5 Å². The van der Waals surface area contributed by atoms with E-state index in [1.165, 1.54) is 128 Å². The normalized spacial score (nSPS) is 14.3. The lowest BCUT2D eigenvalue weighted by Crippen LogP contribution is -2.30. The number of esters is 4. The third-order valence-electron chi connectivity index (χ3n) is 15.4. The molecule has 0 aromatic rings. The lowest BCUT2D eigenvalue weighted by atomic mass is 10.0. The molecule has 0 heterocycles. The van der Waals surface area contributed by atoms with E-state index < -0.39 is 97.5 Å². The molecule has 510 valence electrons. The van der Waals surface area contributed by atoms with Gasteiger partial charge in [-0.15, -0.1) is 0 Å². The fourth-order valence-electron chi connectivity index (χ4n) is 10.0. The van der Waals surface area contributed by atoms with Crippen LogP contribution in [0.5, 0.6) is 0 Å². The van der Waals surface area contributed by atoms with Crippen LogP contribution in [-0.2, 0) is 65.4 Å². The minimum atomic E-state index is -4.95. The van der Waals surface area contributed by atoms with E-state index in [0.29, 0.717) is 37.5 Å². The van der Waals surface area contributed by atoms with Crippen LogP contribution in [0.15, 0.2) is 0 Å². The number of phosphoric acid groups is 2. The van der Waals surface area contributed by atoms with Crippen LogP contribution in [0.4, 0.5) is 0 Å². The van der Waals surface area contributed by atoms with Crippen molar-refractivity contribution in [2.45, 2.75) is 349 Å². The van der Waals surface area contributed by atoms with Crippen LogP contribution in [0.3, 0.4) is 0 Å². The maximum atomic E-state index is 13.0. The van der Waals surface area contributed by atoms with Gasteiger partial charge < -0.3 is 33.8 Å². The Kier molecular flexibility index (Phi) is 56.9. The van der Waals surface area contributed by atoms with Gasteiger partial charge in [0, 0.05) is 25.7 Å². The Hall–Kier alpha value is -1.94. The summed E-state index contributed by atoms with van der Waals surface area (Å²) in [6, 6.07) is 0. The molecule has 5 atom stereocenters. The Morgan fingerprint density at radius 2 is 0.535 bits per heavy atom. The van der Waals surface area contributed by atoms with Crippen LogP contribution in [-0.4, -0.2) is 96.7 Å². The molecule has 0 fully saturated rings. The molecule has 0 spiro atoms. The molecule has 0 radical (unpaired) electrons. The van der Waals surface area contributed by atoms with E-state index in [2.05, 4.69) is 48.5 Å². The molecule has 0 aliphatic rings. The molecule has 0 amide bonds. The first-order chi connectivity index (χ1) is 41.2. The van der Waals surface area contributed by atoms with Crippen molar-refractivity contribution in [1.29, 1.82) is 0 Å². The highest BCUT2D eigenvalue weighted by molar-refractivity contribution is 7.47. The Morgan fingerprint density at radius 1 is 0.314 bits per heavy atom. The monoisotopic (exact) mass is 1270 g/mol. The molecule has 0 aromatic heterocycles. The summed E-state index contributed by atoms with van der Waals surface area (Å²) < 4.78 is 68.1. The molecule has 0 saturated carbocycles. The van der Waals surface area contributed by atoms with Crippen LogP contribution in [0, 0.1) is 17.8 Å². The first-order valence-corrected chi connectivity index (χ1v) is 37.8. The third kappa shape index (κ3) is 60.9. The zero-order valence-corrected chi connectivity index (χ0v) is 57.6. The highest BCUT2D eigenvalue weighted by atomic mass is 31.2. The predicted octanol–water partition coefficient (Wildman–Crippen LogP) is 18.7. The van der Waals surface area contributed by atoms with Gasteiger partial charge in [-0.1, -0.05) is 280 Å². The van der Waals surface area contributed by atoms with Crippen LogP contribution < -0.4 is 0 Å². The number of ether oxygens (including phenoxy) is 4. The second-order valence-corrected chi connectivity index (χ2v) is 28.5. The summed E-state index contributed by atoms with van der Waals surface area (Å²) in [6.07, 6.45) is 40.5. The van der Waals surface area contributed by atoms with E-state index in [0.717, 1.165) is 109 Å². The first kappa shape index (κ1) is 84.1. The molecule has 86 heavy (non-hydrogen) atoms. The summed E-state index contributed by atoms with van der Waals surface area (Å²) in [5.41, 5.74) is 0. The van der Waals surface area contributed by atoms with Gasteiger partial charge in [0.05, 0.1) is 26.4 Å². The summed E-state index contributed by atoms with van der Waals surface area (Å²) in [5, 5.41) is 10.5. The minimum absolute atomic E-state index is 0.105. The molecule has 0 rings (SSSR count). The molecule has 0 aromatic carbocycles. The Bertz CT molecular complexity index is 1700. The summed E-state index contributed by atoms with van der Waals surface area (Å²) in [7, 11) is -9.89. The molecular weight excluding hydrogens is 1140 g/mol. The van der Waals surface area contributed by atoms with Crippen molar-refractivity contribution in [1.82, 2.24) is 0 Å². The van der Waals surface area contributed by atoms with Crippen LogP contribution in [0.25, 0.3) is 0 Å². The van der Waals surface area contributed by atoms with Gasteiger partial charge in [0.1, 0.15) is 19.3 Å². The number of aliphatic hydroxyl groups excluding tert-OH is 1. The number of hydrogen-bond acceptors (Lipinski definition) is 15. The van der Waals surface area contributed by atoms with E-state index >= 15 is 0 Å². The molecular formula is C67H130O17P2. The number of aliphatic hydroxyl groups is 1. The maximum Gasteiger partial charge on any atom is 0.472 e. The van der Waals surface area contributed by atoms with Gasteiger partial charge in [-0.3, -0.25) is 37.3 Å². The van der Waals surface area contributed by atoms with E-state index in [1.54, 1.807) is 0 Å². The van der Waals surface area contributed by atoms with Gasteiger partial charge in [-0.05, 0) is 43.4 Å². The maximum absolute atomic E-state index is 13.0. The highest BCUT2D eigenvalue weighted by Crippen LogP contribution is 2.45. The van der Waals surface area contributed by atoms with Crippen molar-refractivity contribution < 1.29 is 80.2 Å². The van der Waals surface area contributed by atoms with Crippen molar-refractivity contribution in [3.8, 4) is 0 Å². The molecule has 0 saturated heterocycles. The molecule has 2 unspecified atom stereocenters. The van der Waals surface area contributed by atoms with Gasteiger partial charge in [-0.2, -0.15) is 0 Å². The lowest BCUT2D eigenvalue weighted by molar-refractivity contribution is -0.161. The van der Waals surface area contributed by atoms with Gasteiger partial charge in [0.2, 0.25) is 0 Å². The zero-order chi connectivity index (χ0) is 63.8. The first-order valence-electron chi connectivity index (χ1n) is 34.8. The van der Waals surface area contributed by atoms with E-state index in [-0.39, 0.29) is 25.7 Å². The van der Waals surface area contributed by atoms with Gasteiger partial charge in [-0.25, -0.2) is 9.13 Å². The predicted molar refractivity (Wildman–Crippen MR) is 344 cm³/mol. The zero-order valence-electron chi connectivity index (χ0n) is 55.8. The fourth-order valence-corrected chi connectivity index (χ4v) is 11.6.